The second-order valence-corrected chi connectivity index (χ2v) is 7.36. The Morgan fingerprint density at radius 1 is 1.28 bits per heavy atom. The second-order valence-electron chi connectivity index (χ2n) is 6.32. The van der Waals surface area contributed by atoms with E-state index in [2.05, 4.69) is 23.9 Å². The van der Waals surface area contributed by atoms with Gasteiger partial charge in [0.2, 0.25) is 4.96 Å². The van der Waals surface area contributed by atoms with E-state index in [-0.39, 0.29) is 12.2 Å². The molecule has 2 aromatic heterocycles. The van der Waals surface area contributed by atoms with Gasteiger partial charge in [0.25, 0.3) is 5.56 Å². The molecule has 130 valence electrons. The number of fused-ring (bicyclic) bond motifs is 1. The summed E-state index contributed by atoms with van der Waals surface area (Å²) in [5.41, 5.74) is 1.70. The molecule has 0 unspecified atom stereocenters. The van der Waals surface area contributed by atoms with Crippen LogP contribution in [-0.4, -0.2) is 20.6 Å². The number of benzene rings is 1. The topological polar surface area (TPSA) is 73.6 Å². The van der Waals surface area contributed by atoms with Gasteiger partial charge in [-0.05, 0) is 25.0 Å². The fourth-order valence-corrected chi connectivity index (χ4v) is 3.44. The third kappa shape index (κ3) is 4.11. The molecule has 0 aliphatic heterocycles. The average Bonchev–Trinajstić information content (AvgIpc) is 2.95. The lowest BCUT2D eigenvalue weighted by molar-refractivity contribution is 0.0468. The molecule has 0 N–H and O–H groups in total. The van der Waals surface area contributed by atoms with Crippen LogP contribution in [-0.2, 0) is 17.8 Å². The number of carbonyl (C=O) groups is 1. The summed E-state index contributed by atoms with van der Waals surface area (Å²) in [5.74, 6) is 0.0120. The molecule has 25 heavy (non-hydrogen) atoms. The summed E-state index contributed by atoms with van der Waals surface area (Å²) in [5, 5.41) is 5.17. The quantitative estimate of drug-likeness (QED) is 0.656. The molecule has 0 radical (unpaired) electrons. The van der Waals surface area contributed by atoms with Crippen molar-refractivity contribution in [3.8, 4) is 0 Å². The van der Waals surface area contributed by atoms with Gasteiger partial charge in [-0.1, -0.05) is 42.9 Å². The Hall–Kier alpha value is -2.54. The molecule has 6 nitrogen and oxygen atoms in total. The minimum absolute atomic E-state index is 0.0458. The van der Waals surface area contributed by atoms with Crippen LogP contribution in [0.5, 0.6) is 0 Å². The van der Waals surface area contributed by atoms with Crippen LogP contribution in [0.15, 0.2) is 35.1 Å². The van der Waals surface area contributed by atoms with Crippen molar-refractivity contribution in [1.82, 2.24) is 14.6 Å². The fourth-order valence-electron chi connectivity index (χ4n) is 2.31. The van der Waals surface area contributed by atoms with Crippen molar-refractivity contribution in [2.45, 2.75) is 33.8 Å². The minimum Gasteiger partial charge on any atom is -0.456 e. The zero-order chi connectivity index (χ0) is 18.0. The first-order valence-corrected chi connectivity index (χ1v) is 8.86. The Labute approximate surface area is 149 Å². The van der Waals surface area contributed by atoms with Gasteiger partial charge in [-0.15, -0.1) is 0 Å². The van der Waals surface area contributed by atoms with Crippen molar-refractivity contribution in [3.63, 3.8) is 0 Å². The molecule has 2 heterocycles. The summed E-state index contributed by atoms with van der Waals surface area (Å²) in [6, 6.07) is 8.48. The van der Waals surface area contributed by atoms with Crippen LogP contribution in [0.3, 0.4) is 0 Å². The number of aryl methyl sites for hydroxylation is 1. The molecule has 0 bridgehead atoms. The Morgan fingerprint density at radius 3 is 2.68 bits per heavy atom. The molecule has 0 atom stereocenters. The summed E-state index contributed by atoms with van der Waals surface area (Å²) in [6.45, 7) is 6.09. The lowest BCUT2D eigenvalue weighted by atomic mass is 10.1. The molecular formula is C18H19N3O3S. The summed E-state index contributed by atoms with van der Waals surface area (Å²) in [6.07, 6.45) is 0.797. The van der Waals surface area contributed by atoms with Crippen LogP contribution in [0.4, 0.5) is 0 Å². The second kappa shape index (κ2) is 7.14. The molecule has 3 rings (SSSR count). The molecule has 1 aromatic carbocycles. The molecule has 3 aromatic rings. The number of ether oxygens (including phenoxy) is 1. The molecule has 0 saturated heterocycles. The average molecular weight is 357 g/mol. The van der Waals surface area contributed by atoms with E-state index in [0.29, 0.717) is 22.1 Å². The van der Waals surface area contributed by atoms with Crippen LogP contribution in [0.25, 0.3) is 4.96 Å². The molecule has 7 heteroatoms. The van der Waals surface area contributed by atoms with Gasteiger partial charge in [-0.3, -0.25) is 4.79 Å². The van der Waals surface area contributed by atoms with Crippen molar-refractivity contribution < 1.29 is 9.53 Å². The van der Waals surface area contributed by atoms with E-state index in [1.807, 2.05) is 19.1 Å². The Balaban J connectivity index is 1.76. The summed E-state index contributed by atoms with van der Waals surface area (Å²) < 4.78 is 6.56. The smallest absolute Gasteiger partial charge is 0.338 e. The van der Waals surface area contributed by atoms with Gasteiger partial charge in [0.1, 0.15) is 11.6 Å². The van der Waals surface area contributed by atoms with E-state index in [1.54, 1.807) is 12.1 Å². The van der Waals surface area contributed by atoms with E-state index in [0.717, 1.165) is 17.0 Å². The zero-order valence-corrected chi connectivity index (χ0v) is 15.2. The van der Waals surface area contributed by atoms with E-state index in [4.69, 9.17) is 4.74 Å². The molecule has 0 fully saturated rings. The van der Waals surface area contributed by atoms with Gasteiger partial charge in [0.15, 0.2) is 0 Å². The van der Waals surface area contributed by atoms with Crippen LogP contribution in [0.2, 0.25) is 0 Å². The Morgan fingerprint density at radius 2 is 2.00 bits per heavy atom. The van der Waals surface area contributed by atoms with Gasteiger partial charge < -0.3 is 4.74 Å². The Bertz CT molecular complexity index is 958. The first-order valence-electron chi connectivity index (χ1n) is 8.05. The first-order chi connectivity index (χ1) is 11.9. The van der Waals surface area contributed by atoms with E-state index < -0.39 is 5.97 Å². The van der Waals surface area contributed by atoms with Crippen LogP contribution >= 0.6 is 11.3 Å². The van der Waals surface area contributed by atoms with Gasteiger partial charge in [-0.25, -0.2) is 9.78 Å². The van der Waals surface area contributed by atoms with Crippen molar-refractivity contribution in [1.29, 1.82) is 0 Å². The highest BCUT2D eigenvalue weighted by atomic mass is 32.1. The fraction of sp³-hybridized carbons (Fsp3) is 0.333. The van der Waals surface area contributed by atoms with Crippen molar-refractivity contribution in [3.05, 3.63) is 62.5 Å². The third-order valence-electron chi connectivity index (χ3n) is 3.56. The monoisotopic (exact) mass is 357 g/mol. The predicted octanol–water partition coefficient (Wildman–Crippen LogP) is 3.01. The van der Waals surface area contributed by atoms with Gasteiger partial charge in [-0.2, -0.15) is 9.61 Å². The minimum atomic E-state index is -0.438. The van der Waals surface area contributed by atoms with E-state index in [1.165, 1.54) is 21.9 Å². The van der Waals surface area contributed by atoms with Crippen LogP contribution in [0, 0.1) is 12.8 Å². The highest BCUT2D eigenvalue weighted by Crippen LogP contribution is 2.15. The van der Waals surface area contributed by atoms with E-state index in [9.17, 15) is 9.59 Å². The number of esters is 1. The zero-order valence-electron chi connectivity index (χ0n) is 14.4. The standard InChI is InChI=1S/C18H19N3O3S/c1-11(2)8-15-20-21-16(22)9-14(19-18(21)25-15)10-24-17(23)13-6-4-12(3)5-7-13/h4-7,9,11H,8,10H2,1-3H3. The molecule has 0 saturated carbocycles. The third-order valence-corrected chi connectivity index (χ3v) is 4.49. The van der Waals surface area contributed by atoms with Crippen molar-refractivity contribution in [2.24, 2.45) is 5.92 Å². The lowest BCUT2D eigenvalue weighted by Crippen LogP contribution is -2.16. The van der Waals surface area contributed by atoms with Gasteiger partial charge in [0, 0.05) is 12.5 Å². The highest BCUT2D eigenvalue weighted by Gasteiger charge is 2.12. The number of aromatic nitrogens is 3. The predicted molar refractivity (Wildman–Crippen MR) is 96.0 cm³/mol. The molecule has 0 aliphatic rings. The molecule has 0 amide bonds. The normalized spacial score (nSPS) is 11.2. The number of carbonyl (C=O) groups excluding carboxylic acids is 1. The summed E-state index contributed by atoms with van der Waals surface area (Å²) in [7, 11) is 0. The maximum Gasteiger partial charge on any atom is 0.338 e. The largest absolute Gasteiger partial charge is 0.456 e. The molecular weight excluding hydrogens is 338 g/mol. The van der Waals surface area contributed by atoms with Gasteiger partial charge >= 0.3 is 5.97 Å². The van der Waals surface area contributed by atoms with Gasteiger partial charge in [0.05, 0.1) is 11.3 Å². The summed E-state index contributed by atoms with van der Waals surface area (Å²) >= 11 is 1.39. The summed E-state index contributed by atoms with van der Waals surface area (Å²) in [4.78, 5) is 29.1. The van der Waals surface area contributed by atoms with E-state index >= 15 is 0 Å². The molecule has 0 aliphatic carbocycles. The number of rotatable bonds is 5. The van der Waals surface area contributed by atoms with Crippen LogP contribution < -0.4 is 5.56 Å². The number of hydrogen-bond acceptors (Lipinski definition) is 6. The first kappa shape index (κ1) is 17.3. The number of nitrogens with zero attached hydrogens (tertiary/aromatic N) is 3. The van der Waals surface area contributed by atoms with Crippen molar-refractivity contribution in [2.75, 3.05) is 0 Å². The maximum atomic E-state index is 12.2. The lowest BCUT2D eigenvalue weighted by Gasteiger charge is -2.04. The van der Waals surface area contributed by atoms with Crippen LogP contribution in [0.1, 0.15) is 40.5 Å². The molecule has 0 spiro atoms. The highest BCUT2D eigenvalue weighted by molar-refractivity contribution is 7.16. The Kier molecular flexibility index (Phi) is 4.94. The maximum absolute atomic E-state index is 12.2. The van der Waals surface area contributed by atoms with Crippen molar-refractivity contribution >= 4 is 22.3 Å². The SMILES string of the molecule is Cc1ccc(C(=O)OCc2cc(=O)n3nc(CC(C)C)sc3n2)cc1. The number of hydrogen-bond donors (Lipinski definition) is 0.